The van der Waals surface area contributed by atoms with Crippen LogP contribution in [-0.2, 0) is 17.9 Å². The summed E-state index contributed by atoms with van der Waals surface area (Å²) in [6.45, 7) is 11.1. The van der Waals surface area contributed by atoms with Crippen molar-refractivity contribution >= 4 is 16.8 Å². The molecule has 0 unspecified atom stereocenters. The Kier molecular flexibility index (Phi) is 7.31. The van der Waals surface area contributed by atoms with Gasteiger partial charge < -0.3 is 9.88 Å². The first-order valence-corrected chi connectivity index (χ1v) is 12.1. The standard InChI is InChI=1S/C28H37N3O/c1-21(2)11-14-29-28(32)24-12-15-30(16-13-24)20-26-18-25-9-4-5-10-27(25)31(26)19-23-8-6-7-22(3)17-23/h4-10,17-18,21,24H,11-16,19-20H2,1-3H3,(H,29,32). The third-order valence-electron chi connectivity index (χ3n) is 6.68. The highest BCUT2D eigenvalue weighted by atomic mass is 16.1. The quantitative estimate of drug-likeness (QED) is 0.520. The van der Waals surface area contributed by atoms with E-state index in [4.69, 9.17) is 0 Å². The van der Waals surface area contributed by atoms with Crippen molar-refractivity contribution in [3.8, 4) is 0 Å². The van der Waals surface area contributed by atoms with Crippen molar-refractivity contribution in [3.05, 3.63) is 71.4 Å². The number of aromatic nitrogens is 1. The number of rotatable bonds is 8. The summed E-state index contributed by atoms with van der Waals surface area (Å²) < 4.78 is 2.47. The van der Waals surface area contributed by atoms with E-state index >= 15 is 0 Å². The van der Waals surface area contributed by atoms with Gasteiger partial charge in [0, 0.05) is 36.8 Å². The SMILES string of the molecule is Cc1cccc(Cn2c(CN3CCC(C(=O)NCCC(C)C)CC3)cc3ccccc32)c1. The zero-order valence-corrected chi connectivity index (χ0v) is 19.8. The zero-order valence-electron chi connectivity index (χ0n) is 19.8. The van der Waals surface area contributed by atoms with Crippen LogP contribution < -0.4 is 5.32 Å². The first-order chi connectivity index (χ1) is 15.5. The maximum absolute atomic E-state index is 12.5. The van der Waals surface area contributed by atoms with Crippen molar-refractivity contribution in [1.29, 1.82) is 0 Å². The second kappa shape index (κ2) is 10.4. The average Bonchev–Trinajstić information content (AvgIpc) is 3.11. The van der Waals surface area contributed by atoms with E-state index in [1.807, 2.05) is 0 Å². The molecule has 1 aliphatic heterocycles. The average molecular weight is 432 g/mol. The van der Waals surface area contributed by atoms with Crippen LogP contribution in [0.3, 0.4) is 0 Å². The summed E-state index contributed by atoms with van der Waals surface area (Å²) in [5.41, 5.74) is 5.29. The van der Waals surface area contributed by atoms with Crippen molar-refractivity contribution in [3.63, 3.8) is 0 Å². The van der Waals surface area contributed by atoms with Gasteiger partial charge in [-0.15, -0.1) is 0 Å². The van der Waals surface area contributed by atoms with Gasteiger partial charge in [-0.25, -0.2) is 0 Å². The van der Waals surface area contributed by atoms with Crippen molar-refractivity contribution in [1.82, 2.24) is 14.8 Å². The molecule has 32 heavy (non-hydrogen) atoms. The number of likely N-dealkylation sites (tertiary alicyclic amines) is 1. The predicted octanol–water partition coefficient (Wildman–Crippen LogP) is 5.37. The maximum atomic E-state index is 12.5. The Morgan fingerprint density at radius 2 is 1.81 bits per heavy atom. The fourth-order valence-electron chi connectivity index (χ4n) is 4.79. The van der Waals surface area contributed by atoms with Gasteiger partial charge in [-0.05, 0) is 68.3 Å². The van der Waals surface area contributed by atoms with Gasteiger partial charge in [0.15, 0.2) is 0 Å². The van der Waals surface area contributed by atoms with Gasteiger partial charge in [-0.3, -0.25) is 9.69 Å². The first-order valence-electron chi connectivity index (χ1n) is 12.1. The largest absolute Gasteiger partial charge is 0.356 e. The van der Waals surface area contributed by atoms with Crippen LogP contribution in [-0.4, -0.2) is 35.0 Å². The third-order valence-corrected chi connectivity index (χ3v) is 6.68. The Morgan fingerprint density at radius 1 is 1.03 bits per heavy atom. The highest BCUT2D eigenvalue weighted by molar-refractivity contribution is 5.81. The smallest absolute Gasteiger partial charge is 0.223 e. The fraction of sp³-hybridized carbons (Fsp3) is 0.464. The minimum absolute atomic E-state index is 0.163. The summed E-state index contributed by atoms with van der Waals surface area (Å²) in [4.78, 5) is 15.0. The monoisotopic (exact) mass is 431 g/mol. The van der Waals surface area contributed by atoms with Gasteiger partial charge in [-0.1, -0.05) is 61.9 Å². The molecule has 0 aliphatic carbocycles. The van der Waals surface area contributed by atoms with Gasteiger partial charge in [0.1, 0.15) is 0 Å². The number of carbonyl (C=O) groups is 1. The van der Waals surface area contributed by atoms with E-state index in [1.165, 1.54) is 27.7 Å². The van der Waals surface area contributed by atoms with Crippen molar-refractivity contribution < 1.29 is 4.79 Å². The Labute approximate surface area is 192 Å². The number of hydrogen-bond donors (Lipinski definition) is 1. The van der Waals surface area contributed by atoms with Gasteiger partial charge in [0.05, 0.1) is 0 Å². The fourth-order valence-corrected chi connectivity index (χ4v) is 4.79. The summed E-state index contributed by atoms with van der Waals surface area (Å²) in [5.74, 6) is 1.04. The number of piperidine rings is 1. The third kappa shape index (κ3) is 5.60. The van der Waals surface area contributed by atoms with Crippen LogP contribution in [0.1, 0.15) is 49.9 Å². The Hall–Kier alpha value is -2.59. The number of amides is 1. The molecule has 2 heterocycles. The van der Waals surface area contributed by atoms with E-state index < -0.39 is 0 Å². The van der Waals surface area contributed by atoms with Gasteiger partial charge in [-0.2, -0.15) is 0 Å². The molecular weight excluding hydrogens is 394 g/mol. The lowest BCUT2D eigenvalue weighted by molar-refractivity contribution is -0.126. The molecule has 1 fully saturated rings. The molecule has 170 valence electrons. The lowest BCUT2D eigenvalue weighted by Crippen LogP contribution is -2.40. The molecule has 0 atom stereocenters. The van der Waals surface area contributed by atoms with Crippen molar-refractivity contribution in [2.24, 2.45) is 11.8 Å². The van der Waals surface area contributed by atoms with E-state index in [9.17, 15) is 4.79 Å². The first kappa shape index (κ1) is 22.6. The molecule has 1 N–H and O–H groups in total. The van der Waals surface area contributed by atoms with Crippen molar-refractivity contribution in [2.45, 2.75) is 53.1 Å². The lowest BCUT2D eigenvalue weighted by Gasteiger charge is -2.31. The van der Waals surface area contributed by atoms with E-state index in [-0.39, 0.29) is 11.8 Å². The Balaban J connectivity index is 1.42. The Morgan fingerprint density at radius 3 is 2.56 bits per heavy atom. The van der Waals surface area contributed by atoms with Crippen LogP contribution in [0.2, 0.25) is 0 Å². The van der Waals surface area contributed by atoms with Crippen LogP contribution in [0, 0.1) is 18.8 Å². The summed E-state index contributed by atoms with van der Waals surface area (Å²) in [6.07, 6.45) is 2.95. The zero-order chi connectivity index (χ0) is 22.5. The molecule has 1 saturated heterocycles. The topological polar surface area (TPSA) is 37.3 Å². The second-order valence-corrected chi connectivity index (χ2v) is 9.79. The number of fused-ring (bicyclic) bond motifs is 1. The normalized spacial score (nSPS) is 15.5. The summed E-state index contributed by atoms with van der Waals surface area (Å²) in [7, 11) is 0. The highest BCUT2D eigenvalue weighted by Crippen LogP contribution is 2.25. The number of hydrogen-bond acceptors (Lipinski definition) is 2. The van der Waals surface area contributed by atoms with Crippen LogP contribution in [0.4, 0.5) is 0 Å². The van der Waals surface area contributed by atoms with Crippen molar-refractivity contribution in [2.75, 3.05) is 19.6 Å². The lowest BCUT2D eigenvalue weighted by atomic mass is 9.95. The van der Waals surface area contributed by atoms with Crippen LogP contribution in [0.5, 0.6) is 0 Å². The molecule has 3 aromatic rings. The Bertz CT molecular complexity index is 1040. The minimum Gasteiger partial charge on any atom is -0.356 e. The molecule has 0 radical (unpaired) electrons. The van der Waals surface area contributed by atoms with Gasteiger partial charge >= 0.3 is 0 Å². The van der Waals surface area contributed by atoms with E-state index in [0.29, 0.717) is 5.92 Å². The molecular formula is C28H37N3O. The molecule has 0 saturated carbocycles. The number of aryl methyl sites for hydroxylation is 1. The highest BCUT2D eigenvalue weighted by Gasteiger charge is 2.25. The maximum Gasteiger partial charge on any atom is 0.223 e. The molecule has 4 rings (SSSR count). The molecule has 2 aromatic carbocycles. The number of carbonyl (C=O) groups excluding carboxylic acids is 1. The summed E-state index contributed by atoms with van der Waals surface area (Å²) >= 11 is 0. The second-order valence-electron chi connectivity index (χ2n) is 9.79. The number of para-hydroxylation sites is 1. The number of nitrogens with zero attached hydrogens (tertiary/aromatic N) is 2. The number of nitrogens with one attached hydrogen (secondary N) is 1. The van der Waals surface area contributed by atoms with Crippen LogP contribution >= 0.6 is 0 Å². The van der Waals surface area contributed by atoms with E-state index in [0.717, 1.165) is 52.0 Å². The van der Waals surface area contributed by atoms with Gasteiger partial charge in [0.25, 0.3) is 0 Å². The molecule has 1 aliphatic rings. The molecule has 1 aromatic heterocycles. The van der Waals surface area contributed by atoms with E-state index in [1.54, 1.807) is 0 Å². The predicted molar refractivity (Wildman–Crippen MR) is 133 cm³/mol. The molecule has 4 nitrogen and oxygen atoms in total. The minimum atomic E-state index is 0.163. The molecule has 4 heteroatoms. The van der Waals surface area contributed by atoms with E-state index in [2.05, 4.69) is 90.2 Å². The van der Waals surface area contributed by atoms with Crippen LogP contribution in [0.25, 0.3) is 10.9 Å². The molecule has 1 amide bonds. The number of benzene rings is 2. The van der Waals surface area contributed by atoms with Crippen LogP contribution in [0.15, 0.2) is 54.6 Å². The summed E-state index contributed by atoms with van der Waals surface area (Å²) in [6, 6.07) is 19.8. The molecule has 0 bridgehead atoms. The molecule has 0 spiro atoms. The summed E-state index contributed by atoms with van der Waals surface area (Å²) in [5, 5.41) is 4.45. The van der Waals surface area contributed by atoms with Gasteiger partial charge in [0.2, 0.25) is 5.91 Å².